The molecule has 0 aliphatic carbocycles. The van der Waals surface area contributed by atoms with Gasteiger partial charge in [0, 0.05) is 11.6 Å². The Hall–Kier alpha value is -3.70. The highest BCUT2D eigenvalue weighted by Crippen LogP contribution is 2.31. The lowest BCUT2D eigenvalue weighted by atomic mass is 9.95. The van der Waals surface area contributed by atoms with Crippen LogP contribution in [0.15, 0.2) is 91.1 Å². The number of aliphatic hydroxyl groups excluding tert-OH is 1. The molecule has 0 aliphatic heterocycles. The summed E-state index contributed by atoms with van der Waals surface area (Å²) in [7, 11) is 0. The van der Waals surface area contributed by atoms with E-state index in [1.165, 1.54) is 0 Å². The van der Waals surface area contributed by atoms with E-state index < -0.39 is 18.1 Å². The smallest absolute Gasteiger partial charge is 0.255 e. The van der Waals surface area contributed by atoms with Crippen LogP contribution in [0, 0.1) is 0 Å². The highest BCUT2D eigenvalue weighted by atomic mass is 16.3. The number of amides is 1. The molecule has 144 valence electrons. The van der Waals surface area contributed by atoms with Crippen molar-refractivity contribution < 1.29 is 15.0 Å². The number of aromatic nitrogens is 1. The summed E-state index contributed by atoms with van der Waals surface area (Å²) in [6.45, 7) is 0. The summed E-state index contributed by atoms with van der Waals surface area (Å²) < 4.78 is 0. The summed E-state index contributed by atoms with van der Waals surface area (Å²) in [6.07, 6.45) is 0.610. The molecule has 0 fully saturated rings. The predicted octanol–water partition coefficient (Wildman–Crippen LogP) is 4.15. The van der Waals surface area contributed by atoms with E-state index in [9.17, 15) is 15.0 Å². The second kappa shape index (κ2) is 8.12. The molecule has 1 heterocycles. The van der Waals surface area contributed by atoms with Crippen LogP contribution < -0.4 is 5.32 Å². The molecule has 4 aromatic rings. The minimum Gasteiger partial charge on any atom is -0.505 e. The average molecular weight is 384 g/mol. The van der Waals surface area contributed by atoms with Crippen molar-refractivity contribution in [2.45, 2.75) is 12.1 Å². The Bertz CT molecular complexity index is 1130. The van der Waals surface area contributed by atoms with Crippen molar-refractivity contribution in [3.05, 3.63) is 108 Å². The Morgan fingerprint density at radius 1 is 0.828 bits per heavy atom. The number of nitrogens with zero attached hydrogens (tertiary/aromatic N) is 1. The van der Waals surface area contributed by atoms with Gasteiger partial charge in [-0.1, -0.05) is 72.8 Å². The second-order valence-electron chi connectivity index (χ2n) is 6.75. The quantitative estimate of drug-likeness (QED) is 0.483. The summed E-state index contributed by atoms with van der Waals surface area (Å²) >= 11 is 0. The maximum Gasteiger partial charge on any atom is 0.255 e. The summed E-state index contributed by atoms with van der Waals surface area (Å²) in [5.74, 6) is -0.666. The van der Waals surface area contributed by atoms with Gasteiger partial charge in [0.15, 0.2) is 5.75 Å². The summed E-state index contributed by atoms with van der Waals surface area (Å²) in [6, 6.07) is 24.6. The van der Waals surface area contributed by atoms with Gasteiger partial charge in [0.1, 0.15) is 11.6 Å². The third kappa shape index (κ3) is 3.81. The molecule has 4 rings (SSSR count). The molecule has 0 spiro atoms. The van der Waals surface area contributed by atoms with Gasteiger partial charge in [-0.2, -0.15) is 0 Å². The second-order valence-corrected chi connectivity index (χ2v) is 6.75. The van der Waals surface area contributed by atoms with Crippen molar-refractivity contribution in [2.24, 2.45) is 0 Å². The van der Waals surface area contributed by atoms with Crippen molar-refractivity contribution >= 4 is 16.8 Å². The number of rotatable bonds is 5. The fraction of sp³-hybridized carbons (Fsp3) is 0.0833. The first-order valence-corrected chi connectivity index (χ1v) is 9.30. The number of aromatic hydroxyl groups is 1. The third-order valence-electron chi connectivity index (χ3n) is 4.89. The molecule has 5 heteroatoms. The number of pyridine rings is 1. The Morgan fingerprint density at radius 2 is 1.48 bits per heavy atom. The lowest BCUT2D eigenvalue weighted by Crippen LogP contribution is -2.32. The number of aliphatic hydroxyl groups is 1. The van der Waals surface area contributed by atoms with Gasteiger partial charge >= 0.3 is 0 Å². The largest absolute Gasteiger partial charge is 0.505 e. The molecule has 2 atom stereocenters. The number of carbonyl (C=O) groups is 1. The number of hydrogen-bond acceptors (Lipinski definition) is 4. The molecule has 5 nitrogen and oxygen atoms in total. The zero-order chi connectivity index (χ0) is 20.2. The van der Waals surface area contributed by atoms with E-state index >= 15 is 0 Å². The van der Waals surface area contributed by atoms with E-state index in [1.807, 2.05) is 66.7 Å². The fourth-order valence-corrected chi connectivity index (χ4v) is 3.38. The minimum atomic E-state index is -0.955. The van der Waals surface area contributed by atoms with E-state index in [4.69, 9.17) is 0 Å². The monoisotopic (exact) mass is 384 g/mol. The lowest BCUT2D eigenvalue weighted by Gasteiger charge is -2.25. The number of nitrogens with one attached hydrogen (secondary N) is 1. The number of carbonyl (C=O) groups excluding carboxylic acids is 1. The van der Waals surface area contributed by atoms with Gasteiger partial charge in [0.05, 0.1) is 11.6 Å². The zero-order valence-corrected chi connectivity index (χ0v) is 15.6. The summed E-state index contributed by atoms with van der Waals surface area (Å²) in [5, 5.41) is 25.2. The van der Waals surface area contributed by atoms with Gasteiger partial charge < -0.3 is 15.5 Å². The molecule has 3 aromatic carbocycles. The Labute approximate surface area is 168 Å². The van der Waals surface area contributed by atoms with Crippen LogP contribution in [0.3, 0.4) is 0 Å². The first-order chi connectivity index (χ1) is 14.1. The molecule has 1 aromatic heterocycles. The number of fused-ring (bicyclic) bond motifs is 1. The molecular formula is C24H20N2O3. The van der Waals surface area contributed by atoms with E-state index in [2.05, 4.69) is 10.3 Å². The van der Waals surface area contributed by atoms with Gasteiger partial charge in [0.25, 0.3) is 5.91 Å². The molecule has 0 aliphatic rings. The summed E-state index contributed by atoms with van der Waals surface area (Å²) in [5.41, 5.74) is 1.92. The van der Waals surface area contributed by atoms with Crippen molar-refractivity contribution in [3.63, 3.8) is 0 Å². The first kappa shape index (κ1) is 18.7. The van der Waals surface area contributed by atoms with Gasteiger partial charge in [-0.05, 0) is 23.3 Å². The van der Waals surface area contributed by atoms with Crippen LogP contribution in [-0.4, -0.2) is 21.1 Å². The maximum atomic E-state index is 13.0. The van der Waals surface area contributed by atoms with Crippen LogP contribution in [0.2, 0.25) is 0 Å². The van der Waals surface area contributed by atoms with Crippen LogP contribution in [0.4, 0.5) is 0 Å². The lowest BCUT2D eigenvalue weighted by molar-refractivity contribution is 0.0829. The van der Waals surface area contributed by atoms with Crippen LogP contribution in [0.25, 0.3) is 10.9 Å². The van der Waals surface area contributed by atoms with Crippen LogP contribution in [-0.2, 0) is 0 Å². The van der Waals surface area contributed by atoms with Crippen molar-refractivity contribution in [3.8, 4) is 5.75 Å². The minimum absolute atomic E-state index is 0.109. The number of phenolic OH excluding ortho intramolecular Hbond substituents is 1. The van der Waals surface area contributed by atoms with Crippen LogP contribution in [0.1, 0.15) is 33.6 Å². The van der Waals surface area contributed by atoms with E-state index in [0.29, 0.717) is 11.1 Å². The molecule has 3 N–H and O–H groups in total. The van der Waals surface area contributed by atoms with Gasteiger partial charge in [-0.25, -0.2) is 0 Å². The zero-order valence-electron chi connectivity index (χ0n) is 15.6. The van der Waals surface area contributed by atoms with Crippen molar-refractivity contribution in [2.75, 3.05) is 0 Å². The molecule has 0 bridgehead atoms. The number of benzene rings is 3. The summed E-state index contributed by atoms with van der Waals surface area (Å²) in [4.78, 5) is 17.2. The third-order valence-corrected chi connectivity index (χ3v) is 4.89. The highest BCUT2D eigenvalue weighted by molar-refractivity contribution is 6.02. The van der Waals surface area contributed by atoms with Crippen LogP contribution >= 0.6 is 0 Å². The normalized spacial score (nSPS) is 13.0. The topological polar surface area (TPSA) is 82.5 Å². The predicted molar refractivity (Wildman–Crippen MR) is 111 cm³/mol. The van der Waals surface area contributed by atoms with Gasteiger partial charge in [-0.3, -0.25) is 9.78 Å². The first-order valence-electron chi connectivity index (χ1n) is 9.30. The molecule has 0 radical (unpaired) electrons. The molecule has 0 saturated heterocycles. The Balaban J connectivity index is 1.69. The Morgan fingerprint density at radius 3 is 2.17 bits per heavy atom. The van der Waals surface area contributed by atoms with Crippen molar-refractivity contribution in [1.82, 2.24) is 10.3 Å². The highest BCUT2D eigenvalue weighted by Gasteiger charge is 2.26. The molecule has 0 unspecified atom stereocenters. The number of phenols is 1. The molecule has 0 saturated carbocycles. The molecule has 1 amide bonds. The van der Waals surface area contributed by atoms with Gasteiger partial charge in [-0.15, -0.1) is 0 Å². The van der Waals surface area contributed by atoms with E-state index in [-0.39, 0.29) is 11.3 Å². The van der Waals surface area contributed by atoms with Crippen molar-refractivity contribution in [1.29, 1.82) is 0 Å². The average Bonchev–Trinajstić information content (AvgIpc) is 2.78. The standard InChI is InChI=1S/C24H20N2O3/c27-22(18-10-5-2-6-11-18)21(16-8-3-1-4-9-16)26-24(29)19-14-13-17-12-7-15-25-20(17)23(19)28/h1-15,21-22,27-28H,(H,26,29)/t21-,22+/m0/s1. The maximum absolute atomic E-state index is 13.0. The van der Waals surface area contributed by atoms with Crippen LogP contribution in [0.5, 0.6) is 5.75 Å². The fourth-order valence-electron chi connectivity index (χ4n) is 3.38. The van der Waals surface area contributed by atoms with E-state index in [1.54, 1.807) is 24.4 Å². The Kier molecular flexibility index (Phi) is 5.22. The number of hydrogen-bond donors (Lipinski definition) is 3. The molecular weight excluding hydrogens is 364 g/mol. The SMILES string of the molecule is O=C(N[C@@H](c1ccccc1)[C@H](O)c1ccccc1)c1ccc2cccnc2c1O. The van der Waals surface area contributed by atoms with Gasteiger partial charge in [0.2, 0.25) is 0 Å². The molecule has 29 heavy (non-hydrogen) atoms. The van der Waals surface area contributed by atoms with E-state index in [0.717, 1.165) is 10.9 Å².